The fourth-order valence-electron chi connectivity index (χ4n) is 1.77. The van der Waals surface area contributed by atoms with E-state index in [9.17, 15) is 5.11 Å². The molecule has 0 aliphatic rings. The van der Waals surface area contributed by atoms with Crippen LogP contribution in [-0.4, -0.2) is 21.8 Å². The van der Waals surface area contributed by atoms with Crippen molar-refractivity contribution in [3.8, 4) is 5.75 Å². The van der Waals surface area contributed by atoms with Crippen molar-refractivity contribution in [3.63, 3.8) is 0 Å². The summed E-state index contributed by atoms with van der Waals surface area (Å²) in [5.74, 6) is 0.740. The zero-order valence-corrected chi connectivity index (χ0v) is 11.1. The summed E-state index contributed by atoms with van der Waals surface area (Å²) in [4.78, 5) is 0.683. The van der Waals surface area contributed by atoms with Crippen LogP contribution in [0.3, 0.4) is 0 Å². The van der Waals surface area contributed by atoms with Gasteiger partial charge >= 0.3 is 0 Å². The molecule has 1 N–H and O–H groups in total. The second kappa shape index (κ2) is 4.88. The first-order valence-electron chi connectivity index (χ1n) is 5.41. The molecule has 5 heteroatoms. The van der Waals surface area contributed by atoms with Crippen LogP contribution in [0.2, 0.25) is 0 Å². The Kier molecular flexibility index (Phi) is 3.45. The molecule has 0 amide bonds. The van der Waals surface area contributed by atoms with E-state index >= 15 is 0 Å². The zero-order chi connectivity index (χ0) is 13.2. The second-order valence-corrected chi connectivity index (χ2v) is 4.64. The van der Waals surface area contributed by atoms with Gasteiger partial charge in [-0.25, -0.2) is 0 Å². The van der Waals surface area contributed by atoms with E-state index in [2.05, 4.69) is 16.2 Å². The van der Waals surface area contributed by atoms with Crippen LogP contribution in [0.15, 0.2) is 36.9 Å². The Hall–Kier alpha value is -1.72. The highest BCUT2D eigenvalue weighted by molar-refractivity contribution is 7.05. The second-order valence-electron chi connectivity index (χ2n) is 3.89. The van der Waals surface area contributed by atoms with Gasteiger partial charge < -0.3 is 9.84 Å². The van der Waals surface area contributed by atoms with E-state index in [4.69, 9.17) is 4.74 Å². The average Bonchev–Trinajstić information content (AvgIpc) is 2.85. The lowest BCUT2D eigenvalue weighted by Gasteiger charge is -2.23. The Morgan fingerprint density at radius 3 is 2.50 bits per heavy atom. The third-order valence-electron chi connectivity index (χ3n) is 2.82. The molecule has 4 nitrogen and oxygen atoms in total. The van der Waals surface area contributed by atoms with Gasteiger partial charge in [0.25, 0.3) is 0 Å². The van der Waals surface area contributed by atoms with Crippen molar-refractivity contribution in [1.29, 1.82) is 0 Å². The Labute approximate surface area is 110 Å². The molecular formula is C13H14N2O2S. The largest absolute Gasteiger partial charge is 0.497 e. The van der Waals surface area contributed by atoms with E-state index in [0.717, 1.165) is 5.75 Å². The van der Waals surface area contributed by atoms with E-state index in [-0.39, 0.29) is 0 Å². The predicted molar refractivity (Wildman–Crippen MR) is 70.8 cm³/mol. The van der Waals surface area contributed by atoms with Crippen molar-refractivity contribution in [3.05, 3.63) is 53.1 Å². The molecule has 1 unspecified atom stereocenters. The number of hydrogen-bond acceptors (Lipinski definition) is 5. The van der Waals surface area contributed by atoms with Crippen LogP contribution in [0.25, 0.3) is 0 Å². The zero-order valence-electron chi connectivity index (χ0n) is 10.3. The van der Waals surface area contributed by atoms with Crippen molar-refractivity contribution < 1.29 is 9.84 Å². The number of rotatable bonds is 4. The minimum absolute atomic E-state index is 0.683. The topological polar surface area (TPSA) is 55.2 Å². The lowest BCUT2D eigenvalue weighted by molar-refractivity contribution is 0.138. The lowest BCUT2D eigenvalue weighted by atomic mass is 9.91. The number of methoxy groups -OCH3 is 1. The highest BCUT2D eigenvalue weighted by atomic mass is 32.1. The van der Waals surface area contributed by atoms with E-state index in [1.807, 2.05) is 6.92 Å². The number of ether oxygens (including phenoxy) is 1. The van der Waals surface area contributed by atoms with Gasteiger partial charge in [0.1, 0.15) is 11.4 Å². The highest BCUT2D eigenvalue weighted by Crippen LogP contribution is 2.35. The lowest BCUT2D eigenvalue weighted by Crippen LogP contribution is -2.23. The van der Waals surface area contributed by atoms with Gasteiger partial charge in [-0.05, 0) is 36.2 Å². The fraction of sp³-hybridized carbons (Fsp3) is 0.231. The monoisotopic (exact) mass is 262 g/mol. The maximum absolute atomic E-state index is 10.8. The van der Waals surface area contributed by atoms with E-state index in [1.165, 1.54) is 17.6 Å². The Morgan fingerprint density at radius 2 is 2.06 bits per heavy atom. The first-order valence-corrected chi connectivity index (χ1v) is 6.19. The number of aryl methyl sites for hydroxylation is 1. The van der Waals surface area contributed by atoms with Crippen molar-refractivity contribution in [1.82, 2.24) is 9.59 Å². The van der Waals surface area contributed by atoms with Gasteiger partial charge in [-0.3, -0.25) is 0 Å². The molecule has 2 aromatic rings. The van der Waals surface area contributed by atoms with Crippen molar-refractivity contribution >= 4 is 11.5 Å². The molecule has 1 aromatic heterocycles. The van der Waals surface area contributed by atoms with Crippen molar-refractivity contribution in [2.45, 2.75) is 12.5 Å². The SMILES string of the molecule is C=CC(O)(c1ccc(OC)cc1)c1snnc1C. The van der Waals surface area contributed by atoms with Crippen LogP contribution in [0, 0.1) is 6.92 Å². The van der Waals surface area contributed by atoms with Crippen LogP contribution in [0.5, 0.6) is 5.75 Å². The van der Waals surface area contributed by atoms with Gasteiger partial charge in [0.05, 0.1) is 17.7 Å². The van der Waals surface area contributed by atoms with Crippen LogP contribution in [0.4, 0.5) is 0 Å². The Balaban J connectivity index is 2.49. The van der Waals surface area contributed by atoms with Gasteiger partial charge in [0.15, 0.2) is 0 Å². The van der Waals surface area contributed by atoms with Crippen molar-refractivity contribution in [2.75, 3.05) is 7.11 Å². The number of nitrogens with zero attached hydrogens (tertiary/aromatic N) is 2. The fourth-order valence-corrected chi connectivity index (χ4v) is 2.52. The molecule has 94 valence electrons. The average molecular weight is 262 g/mol. The summed E-state index contributed by atoms with van der Waals surface area (Å²) in [6.07, 6.45) is 1.50. The molecule has 1 atom stereocenters. The smallest absolute Gasteiger partial charge is 0.145 e. The number of aliphatic hydroxyl groups is 1. The molecule has 18 heavy (non-hydrogen) atoms. The molecule has 0 aliphatic heterocycles. The maximum Gasteiger partial charge on any atom is 0.145 e. The summed E-state index contributed by atoms with van der Waals surface area (Å²) in [5, 5.41) is 14.7. The van der Waals surface area contributed by atoms with Gasteiger partial charge in [-0.15, -0.1) is 5.10 Å². The summed E-state index contributed by atoms with van der Waals surface area (Å²) >= 11 is 1.17. The minimum atomic E-state index is -1.26. The molecular weight excluding hydrogens is 248 g/mol. The number of aromatic nitrogens is 2. The highest BCUT2D eigenvalue weighted by Gasteiger charge is 2.32. The standard InChI is InChI=1S/C13H14N2O2S/c1-4-13(16,12-9(2)14-15-18-12)10-5-7-11(17-3)8-6-10/h4-8,16H,1H2,2-3H3. The summed E-state index contributed by atoms with van der Waals surface area (Å²) in [7, 11) is 1.60. The van der Waals surface area contributed by atoms with Crippen LogP contribution in [0.1, 0.15) is 16.1 Å². The normalized spacial score (nSPS) is 13.9. The molecule has 1 aromatic carbocycles. The minimum Gasteiger partial charge on any atom is -0.497 e. The summed E-state index contributed by atoms with van der Waals surface area (Å²) in [6, 6.07) is 7.21. The third kappa shape index (κ3) is 2.02. The third-order valence-corrected chi connectivity index (χ3v) is 3.78. The van der Waals surface area contributed by atoms with Gasteiger partial charge in [0, 0.05) is 0 Å². The van der Waals surface area contributed by atoms with Crippen LogP contribution in [-0.2, 0) is 5.60 Å². The van der Waals surface area contributed by atoms with Crippen LogP contribution < -0.4 is 4.74 Å². The molecule has 1 heterocycles. The van der Waals surface area contributed by atoms with E-state index < -0.39 is 5.60 Å². The van der Waals surface area contributed by atoms with Gasteiger partial charge in [-0.1, -0.05) is 29.3 Å². The number of benzene rings is 1. The number of hydrogen-bond donors (Lipinski definition) is 1. The molecule has 0 spiro atoms. The van der Waals surface area contributed by atoms with E-state index in [1.54, 1.807) is 31.4 Å². The quantitative estimate of drug-likeness (QED) is 0.859. The first kappa shape index (κ1) is 12.7. The maximum atomic E-state index is 10.8. The van der Waals surface area contributed by atoms with Crippen molar-refractivity contribution in [2.24, 2.45) is 0 Å². The molecule has 0 saturated carbocycles. The Morgan fingerprint density at radius 1 is 1.39 bits per heavy atom. The molecule has 0 saturated heterocycles. The summed E-state index contributed by atoms with van der Waals surface area (Å²) in [6.45, 7) is 5.53. The molecule has 0 aliphatic carbocycles. The predicted octanol–water partition coefficient (Wildman–Crippen LogP) is 2.28. The van der Waals surface area contributed by atoms with Crippen LogP contribution >= 0.6 is 11.5 Å². The molecule has 0 fully saturated rings. The molecule has 0 bridgehead atoms. The summed E-state index contributed by atoms with van der Waals surface area (Å²) < 4.78 is 8.95. The molecule has 0 radical (unpaired) electrons. The first-order chi connectivity index (χ1) is 8.61. The van der Waals surface area contributed by atoms with Gasteiger partial charge in [-0.2, -0.15) is 0 Å². The summed E-state index contributed by atoms with van der Waals surface area (Å²) in [5.41, 5.74) is 0.163. The van der Waals surface area contributed by atoms with Gasteiger partial charge in [0.2, 0.25) is 0 Å². The molecule has 2 rings (SSSR count). The Bertz CT molecular complexity index is 550. The van der Waals surface area contributed by atoms with E-state index in [0.29, 0.717) is 16.1 Å².